The van der Waals surface area contributed by atoms with E-state index in [0.29, 0.717) is 13.2 Å². The molecule has 0 bridgehead atoms. The monoisotopic (exact) mass is 184 g/mol. The first-order chi connectivity index (χ1) is 5.77. The second-order valence-electron chi connectivity index (χ2n) is 3.16. The predicted molar refractivity (Wildman–Crippen MR) is 48.6 cm³/mol. The van der Waals surface area contributed by atoms with E-state index in [4.69, 9.17) is 4.74 Å². The summed E-state index contributed by atoms with van der Waals surface area (Å²) in [4.78, 5) is 2.54. The summed E-state index contributed by atoms with van der Waals surface area (Å²) in [6, 6.07) is 4.17. The third-order valence-corrected chi connectivity index (χ3v) is 3.31. The number of aryl methyl sites for hydroxylation is 1. The Labute approximate surface area is 75.8 Å². The quantitative estimate of drug-likeness (QED) is 0.717. The maximum absolute atomic E-state index is 9.53. The number of hydrogen-bond acceptors (Lipinski definition) is 3. The Morgan fingerprint density at radius 3 is 2.83 bits per heavy atom. The molecule has 2 rings (SSSR count). The van der Waals surface area contributed by atoms with E-state index in [-0.39, 0.29) is 12.0 Å². The Hall–Kier alpha value is -0.380. The van der Waals surface area contributed by atoms with Gasteiger partial charge in [0.25, 0.3) is 0 Å². The highest BCUT2D eigenvalue weighted by Crippen LogP contribution is 2.30. The summed E-state index contributed by atoms with van der Waals surface area (Å²) in [6.45, 7) is 3.24. The molecule has 1 saturated heterocycles. The van der Waals surface area contributed by atoms with Crippen LogP contribution >= 0.6 is 11.3 Å². The zero-order chi connectivity index (χ0) is 8.55. The van der Waals surface area contributed by atoms with Crippen molar-refractivity contribution >= 4 is 11.3 Å². The SMILES string of the molecule is Cc1ccc([C@@H]2COC[C@H]2O)s1. The van der Waals surface area contributed by atoms with E-state index in [9.17, 15) is 5.11 Å². The van der Waals surface area contributed by atoms with Crippen molar-refractivity contribution in [2.24, 2.45) is 0 Å². The lowest BCUT2D eigenvalue weighted by Crippen LogP contribution is -2.14. The molecule has 0 unspecified atom stereocenters. The summed E-state index contributed by atoms with van der Waals surface area (Å²) in [6.07, 6.45) is -0.303. The van der Waals surface area contributed by atoms with E-state index >= 15 is 0 Å². The third-order valence-electron chi connectivity index (χ3n) is 2.18. The van der Waals surface area contributed by atoms with Crippen molar-refractivity contribution in [3.8, 4) is 0 Å². The van der Waals surface area contributed by atoms with Crippen molar-refractivity contribution in [1.29, 1.82) is 0 Å². The van der Waals surface area contributed by atoms with Crippen molar-refractivity contribution in [2.45, 2.75) is 18.9 Å². The van der Waals surface area contributed by atoms with Gasteiger partial charge in [0, 0.05) is 15.7 Å². The maximum Gasteiger partial charge on any atom is 0.0872 e. The first-order valence-corrected chi connectivity index (χ1v) is 4.91. The van der Waals surface area contributed by atoms with Crippen LogP contribution in [-0.4, -0.2) is 24.4 Å². The lowest BCUT2D eigenvalue weighted by molar-refractivity contribution is 0.125. The number of hydrogen-bond donors (Lipinski definition) is 1. The predicted octanol–water partition coefficient (Wildman–Crippen LogP) is 1.53. The van der Waals surface area contributed by atoms with Crippen LogP contribution < -0.4 is 0 Å². The van der Waals surface area contributed by atoms with Gasteiger partial charge in [0.05, 0.1) is 19.3 Å². The highest BCUT2D eigenvalue weighted by atomic mass is 32.1. The Bertz CT molecular complexity index is 269. The Balaban J connectivity index is 2.19. The fourth-order valence-electron chi connectivity index (χ4n) is 1.47. The summed E-state index contributed by atoms with van der Waals surface area (Å²) in [7, 11) is 0. The van der Waals surface area contributed by atoms with Gasteiger partial charge in [0.1, 0.15) is 0 Å². The van der Waals surface area contributed by atoms with Crippen LogP contribution in [0.4, 0.5) is 0 Å². The molecular weight excluding hydrogens is 172 g/mol. The Morgan fingerprint density at radius 2 is 2.33 bits per heavy atom. The molecule has 0 radical (unpaired) electrons. The standard InChI is InChI=1S/C9H12O2S/c1-6-2-3-9(12-6)7-4-11-5-8(7)10/h2-3,7-8,10H,4-5H2,1H3/t7-,8-/m1/s1. The Kier molecular flexibility index (Phi) is 2.17. The molecule has 0 aliphatic carbocycles. The van der Waals surface area contributed by atoms with Crippen molar-refractivity contribution in [2.75, 3.05) is 13.2 Å². The summed E-state index contributed by atoms with van der Waals surface area (Å²) >= 11 is 1.75. The van der Waals surface area contributed by atoms with Crippen LogP contribution in [0.1, 0.15) is 15.7 Å². The van der Waals surface area contributed by atoms with Crippen molar-refractivity contribution < 1.29 is 9.84 Å². The minimum atomic E-state index is -0.303. The van der Waals surface area contributed by atoms with Gasteiger partial charge >= 0.3 is 0 Å². The second-order valence-corrected chi connectivity index (χ2v) is 4.48. The van der Waals surface area contributed by atoms with Gasteiger partial charge in [-0.3, -0.25) is 0 Å². The van der Waals surface area contributed by atoms with Crippen LogP contribution in [-0.2, 0) is 4.74 Å². The average Bonchev–Trinajstić information content (AvgIpc) is 2.58. The highest BCUT2D eigenvalue weighted by Gasteiger charge is 2.28. The molecular formula is C9H12O2S. The first-order valence-electron chi connectivity index (χ1n) is 4.09. The Morgan fingerprint density at radius 1 is 1.50 bits per heavy atom. The minimum absolute atomic E-state index is 0.212. The maximum atomic E-state index is 9.53. The van der Waals surface area contributed by atoms with Gasteiger partial charge in [-0.15, -0.1) is 11.3 Å². The highest BCUT2D eigenvalue weighted by molar-refractivity contribution is 7.12. The van der Waals surface area contributed by atoms with Gasteiger partial charge in [0.15, 0.2) is 0 Å². The van der Waals surface area contributed by atoms with Crippen LogP contribution in [0.25, 0.3) is 0 Å². The van der Waals surface area contributed by atoms with E-state index in [2.05, 4.69) is 19.1 Å². The molecule has 1 fully saturated rings. The number of thiophene rings is 1. The molecule has 1 aromatic rings. The average molecular weight is 184 g/mol. The number of aliphatic hydroxyl groups excluding tert-OH is 1. The van der Waals surface area contributed by atoms with Gasteiger partial charge in [-0.05, 0) is 19.1 Å². The van der Waals surface area contributed by atoms with Crippen LogP contribution in [0, 0.1) is 6.92 Å². The number of rotatable bonds is 1. The van der Waals surface area contributed by atoms with E-state index in [1.807, 2.05) is 0 Å². The number of ether oxygens (including phenoxy) is 1. The third kappa shape index (κ3) is 1.40. The molecule has 1 aromatic heterocycles. The normalized spacial score (nSPS) is 29.5. The largest absolute Gasteiger partial charge is 0.390 e. The zero-order valence-electron chi connectivity index (χ0n) is 6.99. The van der Waals surface area contributed by atoms with Gasteiger partial charge in [-0.1, -0.05) is 0 Å². The molecule has 0 amide bonds. The molecule has 2 atom stereocenters. The first kappa shape index (κ1) is 8.23. The van der Waals surface area contributed by atoms with Crippen LogP contribution in [0.5, 0.6) is 0 Å². The molecule has 3 heteroatoms. The van der Waals surface area contributed by atoms with Crippen molar-refractivity contribution in [3.05, 3.63) is 21.9 Å². The van der Waals surface area contributed by atoms with Gasteiger partial charge < -0.3 is 9.84 Å². The molecule has 12 heavy (non-hydrogen) atoms. The molecule has 1 N–H and O–H groups in total. The van der Waals surface area contributed by atoms with Gasteiger partial charge in [0.2, 0.25) is 0 Å². The fraction of sp³-hybridized carbons (Fsp3) is 0.556. The van der Waals surface area contributed by atoms with Gasteiger partial charge in [-0.2, -0.15) is 0 Å². The van der Waals surface area contributed by atoms with E-state index in [1.165, 1.54) is 9.75 Å². The summed E-state index contributed by atoms with van der Waals surface area (Å²) < 4.78 is 5.19. The molecule has 66 valence electrons. The van der Waals surface area contributed by atoms with Gasteiger partial charge in [-0.25, -0.2) is 0 Å². The zero-order valence-corrected chi connectivity index (χ0v) is 7.80. The minimum Gasteiger partial charge on any atom is -0.390 e. The molecule has 0 spiro atoms. The van der Waals surface area contributed by atoms with Crippen LogP contribution in [0.15, 0.2) is 12.1 Å². The van der Waals surface area contributed by atoms with Crippen molar-refractivity contribution in [3.63, 3.8) is 0 Å². The molecule has 1 aliphatic heterocycles. The molecule has 1 aliphatic rings. The van der Waals surface area contributed by atoms with E-state index < -0.39 is 0 Å². The molecule has 2 nitrogen and oxygen atoms in total. The molecule has 0 saturated carbocycles. The fourth-order valence-corrected chi connectivity index (χ4v) is 2.49. The molecule has 2 heterocycles. The lowest BCUT2D eigenvalue weighted by atomic mass is 10.1. The summed E-state index contributed by atoms with van der Waals surface area (Å²) in [5.41, 5.74) is 0. The van der Waals surface area contributed by atoms with Crippen LogP contribution in [0.2, 0.25) is 0 Å². The summed E-state index contributed by atoms with van der Waals surface area (Å²) in [5.74, 6) is 0.212. The molecule has 0 aromatic carbocycles. The topological polar surface area (TPSA) is 29.5 Å². The van der Waals surface area contributed by atoms with E-state index in [1.54, 1.807) is 11.3 Å². The van der Waals surface area contributed by atoms with Crippen molar-refractivity contribution in [1.82, 2.24) is 0 Å². The second kappa shape index (κ2) is 3.17. The van der Waals surface area contributed by atoms with Crippen LogP contribution in [0.3, 0.4) is 0 Å². The lowest BCUT2D eigenvalue weighted by Gasteiger charge is -2.08. The number of aliphatic hydroxyl groups is 1. The van der Waals surface area contributed by atoms with E-state index in [0.717, 1.165) is 0 Å². The summed E-state index contributed by atoms with van der Waals surface area (Å²) in [5, 5.41) is 9.53. The smallest absolute Gasteiger partial charge is 0.0872 e.